The van der Waals surface area contributed by atoms with Gasteiger partial charge in [0.15, 0.2) is 0 Å². The van der Waals surface area contributed by atoms with Crippen LogP contribution in [0.5, 0.6) is 11.5 Å². The predicted molar refractivity (Wildman–Crippen MR) is 67.9 cm³/mol. The molecule has 0 aliphatic rings. The molecule has 1 unspecified atom stereocenters. The van der Waals surface area contributed by atoms with Crippen LogP contribution in [-0.4, -0.2) is 19.3 Å². The fourth-order valence-electron chi connectivity index (χ4n) is 1.63. The quantitative estimate of drug-likeness (QED) is 0.906. The molecule has 0 saturated heterocycles. The smallest absolute Gasteiger partial charge is 0.129 e. The Morgan fingerprint density at radius 2 is 1.94 bits per heavy atom. The monoisotopic (exact) mass is 250 g/mol. The van der Waals surface area contributed by atoms with Crippen molar-refractivity contribution in [1.29, 1.82) is 0 Å². The maximum atomic E-state index is 10.3. The highest BCUT2D eigenvalue weighted by Gasteiger charge is 2.16. The van der Waals surface area contributed by atoms with Crippen LogP contribution in [-0.2, 0) is 0 Å². The van der Waals surface area contributed by atoms with Gasteiger partial charge < -0.3 is 14.6 Å². The number of ether oxygens (including phenoxy) is 2. The molecule has 0 aliphatic carbocycles. The van der Waals surface area contributed by atoms with E-state index >= 15 is 0 Å². The average Bonchev–Trinajstić information content (AvgIpc) is 2.86. The molecule has 3 nitrogen and oxygen atoms in total. The first kappa shape index (κ1) is 12.0. The molecule has 90 valence electrons. The molecule has 0 saturated carbocycles. The summed E-state index contributed by atoms with van der Waals surface area (Å²) in [6.07, 6.45) is -0.681. The summed E-state index contributed by atoms with van der Waals surface area (Å²) >= 11 is 1.47. The van der Waals surface area contributed by atoms with E-state index in [1.54, 1.807) is 14.2 Å². The van der Waals surface area contributed by atoms with Crippen LogP contribution in [0.4, 0.5) is 0 Å². The minimum atomic E-state index is -0.681. The highest BCUT2D eigenvalue weighted by Crippen LogP contribution is 2.34. The highest BCUT2D eigenvalue weighted by atomic mass is 32.1. The Balaban J connectivity index is 2.32. The van der Waals surface area contributed by atoms with E-state index in [1.807, 2.05) is 35.7 Å². The van der Waals surface area contributed by atoms with Gasteiger partial charge in [0, 0.05) is 15.8 Å². The number of aliphatic hydroxyl groups excluding tert-OH is 1. The molecule has 0 spiro atoms. The van der Waals surface area contributed by atoms with Crippen molar-refractivity contribution in [3.63, 3.8) is 0 Å². The van der Waals surface area contributed by atoms with Crippen LogP contribution >= 0.6 is 11.3 Å². The van der Waals surface area contributed by atoms with Crippen molar-refractivity contribution >= 4 is 11.3 Å². The fraction of sp³-hybridized carbons (Fsp3) is 0.231. The van der Waals surface area contributed by atoms with Crippen LogP contribution in [0.15, 0.2) is 35.7 Å². The van der Waals surface area contributed by atoms with Crippen molar-refractivity contribution in [3.05, 3.63) is 46.2 Å². The van der Waals surface area contributed by atoms with Gasteiger partial charge in [0.05, 0.1) is 14.2 Å². The largest absolute Gasteiger partial charge is 0.496 e. The highest BCUT2D eigenvalue weighted by molar-refractivity contribution is 7.10. The molecule has 1 heterocycles. The Morgan fingerprint density at radius 1 is 1.18 bits per heavy atom. The van der Waals surface area contributed by atoms with Gasteiger partial charge in [-0.1, -0.05) is 18.2 Å². The van der Waals surface area contributed by atoms with Gasteiger partial charge in [-0.25, -0.2) is 0 Å². The minimum absolute atomic E-state index is 0.681. The van der Waals surface area contributed by atoms with Crippen LogP contribution in [0.25, 0.3) is 0 Å². The molecule has 2 aromatic rings. The summed E-state index contributed by atoms with van der Waals surface area (Å²) in [6.45, 7) is 0. The van der Waals surface area contributed by atoms with Gasteiger partial charge in [0.1, 0.15) is 17.6 Å². The van der Waals surface area contributed by atoms with E-state index in [1.165, 1.54) is 11.3 Å². The first-order valence-corrected chi connectivity index (χ1v) is 6.07. The van der Waals surface area contributed by atoms with E-state index in [2.05, 4.69) is 0 Å². The summed E-state index contributed by atoms with van der Waals surface area (Å²) in [5.74, 6) is 1.45. The molecule has 0 bridgehead atoms. The van der Waals surface area contributed by atoms with Gasteiger partial charge in [-0.3, -0.25) is 0 Å². The minimum Gasteiger partial charge on any atom is -0.496 e. The number of methoxy groups -OCH3 is 2. The number of thiophene rings is 1. The molecule has 0 amide bonds. The maximum absolute atomic E-state index is 10.3. The first-order chi connectivity index (χ1) is 8.26. The topological polar surface area (TPSA) is 38.7 Å². The molecule has 17 heavy (non-hydrogen) atoms. The lowest BCUT2D eigenvalue weighted by atomic mass is 10.1. The van der Waals surface area contributed by atoms with Crippen LogP contribution in [0.2, 0.25) is 0 Å². The van der Waals surface area contributed by atoms with E-state index in [9.17, 15) is 5.11 Å². The number of hydrogen-bond donors (Lipinski definition) is 1. The Hall–Kier alpha value is -1.52. The molecule has 4 heteroatoms. The second-order valence-corrected chi connectivity index (χ2v) is 4.48. The van der Waals surface area contributed by atoms with Crippen LogP contribution in [0.1, 0.15) is 16.5 Å². The zero-order chi connectivity index (χ0) is 12.3. The Bertz CT molecular complexity index is 493. The summed E-state index contributed by atoms with van der Waals surface area (Å²) < 4.78 is 10.3. The van der Waals surface area contributed by atoms with Gasteiger partial charge in [0.2, 0.25) is 0 Å². The molecule has 0 aliphatic heterocycles. The molecular weight excluding hydrogens is 236 g/mol. The zero-order valence-electron chi connectivity index (χ0n) is 9.71. The summed E-state index contributed by atoms with van der Waals surface area (Å²) in [5, 5.41) is 12.2. The maximum Gasteiger partial charge on any atom is 0.129 e. The van der Waals surface area contributed by atoms with E-state index in [0.29, 0.717) is 5.75 Å². The van der Waals surface area contributed by atoms with Gasteiger partial charge in [-0.05, 0) is 12.1 Å². The zero-order valence-corrected chi connectivity index (χ0v) is 10.5. The second-order valence-electron chi connectivity index (χ2n) is 3.53. The van der Waals surface area contributed by atoms with E-state index in [0.717, 1.165) is 16.2 Å². The lowest BCUT2D eigenvalue weighted by Gasteiger charge is -2.12. The molecule has 1 aromatic carbocycles. The molecule has 0 radical (unpaired) electrons. The number of hydrogen-bond acceptors (Lipinski definition) is 4. The third kappa shape index (κ3) is 2.43. The molecule has 1 atom stereocenters. The molecule has 0 fully saturated rings. The Labute approximate surface area is 104 Å². The normalized spacial score (nSPS) is 12.2. The molecule has 1 N–H and O–H groups in total. The van der Waals surface area contributed by atoms with Crippen molar-refractivity contribution in [2.45, 2.75) is 6.10 Å². The lowest BCUT2D eigenvalue weighted by Crippen LogP contribution is -2.00. The standard InChI is InChI=1S/C13H14O3S/c1-15-9-7-12(17-8-9)13(14)10-5-3-4-6-11(10)16-2/h3-8,13-14H,1-2H3. The van der Waals surface area contributed by atoms with Crippen molar-refractivity contribution in [2.75, 3.05) is 14.2 Å². The van der Waals surface area contributed by atoms with Crippen molar-refractivity contribution < 1.29 is 14.6 Å². The molecule has 2 rings (SSSR count). The number of benzene rings is 1. The third-order valence-corrected chi connectivity index (χ3v) is 3.50. The second kappa shape index (κ2) is 5.21. The van der Waals surface area contributed by atoms with Crippen LogP contribution < -0.4 is 9.47 Å². The van der Waals surface area contributed by atoms with Crippen molar-refractivity contribution in [2.24, 2.45) is 0 Å². The van der Waals surface area contributed by atoms with E-state index in [4.69, 9.17) is 9.47 Å². The van der Waals surface area contributed by atoms with Gasteiger partial charge in [0.25, 0.3) is 0 Å². The van der Waals surface area contributed by atoms with Crippen molar-refractivity contribution in [1.82, 2.24) is 0 Å². The number of rotatable bonds is 4. The SMILES string of the molecule is COc1csc(C(O)c2ccccc2OC)c1. The molecular formula is C13H14O3S. The molecule has 1 aromatic heterocycles. The fourth-order valence-corrected chi connectivity index (χ4v) is 2.49. The predicted octanol–water partition coefficient (Wildman–Crippen LogP) is 2.85. The van der Waals surface area contributed by atoms with Gasteiger partial charge >= 0.3 is 0 Å². The summed E-state index contributed by atoms with van der Waals surface area (Å²) in [4.78, 5) is 0.839. The van der Waals surface area contributed by atoms with Gasteiger partial charge in [-0.2, -0.15) is 0 Å². The Kier molecular flexibility index (Phi) is 3.66. The summed E-state index contributed by atoms with van der Waals surface area (Å²) in [5.41, 5.74) is 0.763. The summed E-state index contributed by atoms with van der Waals surface area (Å²) in [7, 11) is 3.21. The van der Waals surface area contributed by atoms with E-state index < -0.39 is 6.10 Å². The average molecular weight is 250 g/mol. The Morgan fingerprint density at radius 3 is 2.59 bits per heavy atom. The first-order valence-electron chi connectivity index (χ1n) is 5.19. The number of aliphatic hydroxyl groups is 1. The number of para-hydroxylation sites is 1. The summed E-state index contributed by atoms with van der Waals surface area (Å²) in [6, 6.07) is 9.29. The van der Waals surface area contributed by atoms with E-state index in [-0.39, 0.29) is 0 Å². The van der Waals surface area contributed by atoms with Crippen molar-refractivity contribution in [3.8, 4) is 11.5 Å². The van der Waals surface area contributed by atoms with Gasteiger partial charge in [-0.15, -0.1) is 11.3 Å². The third-order valence-electron chi connectivity index (χ3n) is 2.53. The van der Waals surface area contributed by atoms with Crippen LogP contribution in [0.3, 0.4) is 0 Å². The lowest BCUT2D eigenvalue weighted by molar-refractivity contribution is 0.218. The van der Waals surface area contributed by atoms with Crippen LogP contribution in [0, 0.1) is 0 Å².